The van der Waals surface area contributed by atoms with Gasteiger partial charge in [0.2, 0.25) is 5.91 Å². The first-order valence-electron chi connectivity index (χ1n) is 10.6. The van der Waals surface area contributed by atoms with Crippen molar-refractivity contribution < 1.29 is 19.1 Å². The number of carbonyl (C=O) groups excluding carboxylic acids is 2. The van der Waals surface area contributed by atoms with Gasteiger partial charge in [0.05, 0.1) is 7.11 Å². The molecule has 1 N–H and O–H groups in total. The van der Waals surface area contributed by atoms with Crippen LogP contribution in [0.4, 0.5) is 0 Å². The predicted molar refractivity (Wildman–Crippen MR) is 122 cm³/mol. The Morgan fingerprint density at radius 3 is 2.35 bits per heavy atom. The van der Waals surface area contributed by atoms with E-state index in [4.69, 9.17) is 9.47 Å². The molecule has 0 aliphatic carbocycles. The number of rotatable bonds is 9. The van der Waals surface area contributed by atoms with Crippen LogP contribution >= 0.6 is 0 Å². The first-order chi connectivity index (χ1) is 14.6. The number of carbonyl (C=O) groups is 2. The Bertz CT molecular complexity index is 889. The Balaban J connectivity index is 2.26. The van der Waals surface area contributed by atoms with E-state index < -0.39 is 11.6 Å². The van der Waals surface area contributed by atoms with Crippen LogP contribution < -0.4 is 14.8 Å². The van der Waals surface area contributed by atoms with Crippen LogP contribution in [0.15, 0.2) is 48.5 Å². The number of nitrogens with zero attached hydrogens (tertiary/aromatic N) is 1. The number of benzene rings is 2. The Hall–Kier alpha value is -3.02. The fraction of sp³-hybridized carbons (Fsp3) is 0.440. The molecule has 0 aliphatic heterocycles. The van der Waals surface area contributed by atoms with Crippen LogP contribution in [0.5, 0.6) is 11.5 Å². The van der Waals surface area contributed by atoms with E-state index in [1.807, 2.05) is 83.1 Å². The summed E-state index contributed by atoms with van der Waals surface area (Å²) in [6, 6.07) is 14.4. The normalized spacial score (nSPS) is 12.1. The van der Waals surface area contributed by atoms with Crippen molar-refractivity contribution in [1.29, 1.82) is 0 Å². The average Bonchev–Trinajstić information content (AvgIpc) is 2.70. The van der Waals surface area contributed by atoms with E-state index >= 15 is 0 Å². The summed E-state index contributed by atoms with van der Waals surface area (Å²) in [6.45, 7) is 9.77. The molecule has 2 aromatic carbocycles. The molecular weight excluding hydrogens is 392 g/mol. The highest BCUT2D eigenvalue weighted by Gasteiger charge is 2.31. The zero-order valence-corrected chi connectivity index (χ0v) is 19.4. The van der Waals surface area contributed by atoms with E-state index in [2.05, 4.69) is 5.32 Å². The lowest BCUT2D eigenvalue weighted by atomic mass is 10.1. The van der Waals surface area contributed by atoms with Gasteiger partial charge in [-0.3, -0.25) is 9.59 Å². The molecule has 0 saturated carbocycles. The summed E-state index contributed by atoms with van der Waals surface area (Å²) >= 11 is 0. The lowest BCUT2D eigenvalue weighted by Crippen LogP contribution is -2.54. The van der Waals surface area contributed by atoms with Crippen LogP contribution in [0.25, 0.3) is 0 Å². The fourth-order valence-corrected chi connectivity index (χ4v) is 3.27. The molecule has 2 amide bonds. The van der Waals surface area contributed by atoms with Gasteiger partial charge in [0.25, 0.3) is 5.91 Å². The Kier molecular flexibility index (Phi) is 8.48. The molecule has 0 aliphatic rings. The summed E-state index contributed by atoms with van der Waals surface area (Å²) in [5.41, 5.74) is 1.53. The highest BCUT2D eigenvalue weighted by molar-refractivity contribution is 5.88. The van der Waals surface area contributed by atoms with Crippen LogP contribution in [0.2, 0.25) is 0 Å². The fourth-order valence-electron chi connectivity index (χ4n) is 3.27. The summed E-state index contributed by atoms with van der Waals surface area (Å²) < 4.78 is 11.0. The van der Waals surface area contributed by atoms with Gasteiger partial charge in [-0.15, -0.1) is 0 Å². The van der Waals surface area contributed by atoms with Gasteiger partial charge in [0, 0.05) is 12.1 Å². The van der Waals surface area contributed by atoms with Crippen molar-refractivity contribution in [2.24, 2.45) is 0 Å². The maximum Gasteiger partial charge on any atom is 0.261 e. The van der Waals surface area contributed by atoms with Gasteiger partial charge in [-0.2, -0.15) is 0 Å². The Morgan fingerprint density at radius 1 is 1.06 bits per heavy atom. The lowest BCUT2D eigenvalue weighted by Gasteiger charge is -2.33. The van der Waals surface area contributed by atoms with Gasteiger partial charge >= 0.3 is 0 Å². The third kappa shape index (κ3) is 7.63. The van der Waals surface area contributed by atoms with Crippen LogP contribution in [0.3, 0.4) is 0 Å². The number of amides is 2. The second kappa shape index (κ2) is 10.8. The minimum Gasteiger partial charge on any atom is -0.497 e. The summed E-state index contributed by atoms with van der Waals surface area (Å²) in [5.74, 6) is 0.900. The van der Waals surface area contributed by atoms with E-state index in [9.17, 15) is 9.59 Å². The van der Waals surface area contributed by atoms with E-state index in [-0.39, 0.29) is 25.0 Å². The van der Waals surface area contributed by atoms with Crippen molar-refractivity contribution in [2.45, 2.75) is 59.2 Å². The number of hydrogen-bond donors (Lipinski definition) is 1. The summed E-state index contributed by atoms with van der Waals surface area (Å²) in [7, 11) is 1.60. The van der Waals surface area contributed by atoms with Crippen molar-refractivity contribution >= 4 is 11.8 Å². The molecule has 1 atom stereocenters. The van der Waals surface area contributed by atoms with Crippen molar-refractivity contribution in [1.82, 2.24) is 10.2 Å². The number of nitrogens with one attached hydrogen (secondary N) is 1. The lowest BCUT2D eigenvalue weighted by molar-refractivity contribution is -0.143. The Labute approximate surface area is 185 Å². The molecule has 0 unspecified atom stereocenters. The minimum atomic E-state index is -0.612. The molecular formula is C25H34N2O4. The zero-order valence-electron chi connectivity index (χ0n) is 19.4. The summed E-state index contributed by atoms with van der Waals surface area (Å²) in [4.78, 5) is 27.8. The van der Waals surface area contributed by atoms with Crippen LogP contribution in [0.1, 0.15) is 45.2 Å². The number of aryl methyl sites for hydroxylation is 1. The molecule has 168 valence electrons. The molecule has 2 rings (SSSR count). The van der Waals surface area contributed by atoms with Gasteiger partial charge in [-0.1, -0.05) is 31.2 Å². The van der Waals surface area contributed by atoms with Crippen LogP contribution in [-0.2, 0) is 16.1 Å². The molecule has 0 aromatic heterocycles. The van der Waals surface area contributed by atoms with Gasteiger partial charge in [-0.05, 0) is 69.5 Å². The van der Waals surface area contributed by atoms with E-state index in [0.29, 0.717) is 17.9 Å². The number of hydrogen-bond acceptors (Lipinski definition) is 4. The molecule has 0 bridgehead atoms. The summed E-state index contributed by atoms with van der Waals surface area (Å²) in [5, 5.41) is 3.00. The topological polar surface area (TPSA) is 67.9 Å². The van der Waals surface area contributed by atoms with Crippen LogP contribution in [-0.4, -0.2) is 42.0 Å². The molecule has 0 radical (unpaired) electrons. The first-order valence-corrected chi connectivity index (χ1v) is 10.6. The maximum absolute atomic E-state index is 13.2. The first kappa shape index (κ1) is 24.3. The standard InChI is InChI=1S/C25H34N2O4/c1-7-22(24(29)26-25(3,4)5)27(16-19-11-9-12-20(15-19)30-6)23(28)17-31-21-13-8-10-18(2)14-21/h8-15,22H,7,16-17H2,1-6H3,(H,26,29)/t22-/m1/s1. The summed E-state index contributed by atoms with van der Waals surface area (Å²) in [6.07, 6.45) is 0.488. The minimum absolute atomic E-state index is 0.146. The molecule has 0 heterocycles. The third-order valence-electron chi connectivity index (χ3n) is 4.72. The zero-order chi connectivity index (χ0) is 23.0. The van der Waals surface area contributed by atoms with E-state index in [1.165, 1.54) is 0 Å². The molecule has 2 aromatic rings. The highest BCUT2D eigenvalue weighted by atomic mass is 16.5. The molecule has 0 saturated heterocycles. The molecule has 0 spiro atoms. The van der Waals surface area contributed by atoms with Crippen molar-refractivity contribution in [3.05, 3.63) is 59.7 Å². The van der Waals surface area contributed by atoms with Crippen molar-refractivity contribution in [3.8, 4) is 11.5 Å². The van der Waals surface area contributed by atoms with Gasteiger partial charge in [0.15, 0.2) is 6.61 Å². The average molecular weight is 427 g/mol. The highest BCUT2D eigenvalue weighted by Crippen LogP contribution is 2.19. The van der Waals surface area contributed by atoms with Gasteiger partial charge in [0.1, 0.15) is 17.5 Å². The Morgan fingerprint density at radius 2 is 1.74 bits per heavy atom. The number of ether oxygens (including phenoxy) is 2. The van der Waals surface area contributed by atoms with E-state index in [1.54, 1.807) is 12.0 Å². The second-order valence-electron chi connectivity index (χ2n) is 8.64. The molecule has 31 heavy (non-hydrogen) atoms. The SMILES string of the molecule is CC[C@H](C(=O)NC(C)(C)C)N(Cc1cccc(OC)c1)C(=O)COc1cccc(C)c1. The quantitative estimate of drug-likeness (QED) is 0.655. The van der Waals surface area contributed by atoms with Crippen LogP contribution in [0, 0.1) is 6.92 Å². The predicted octanol–water partition coefficient (Wildman–Crippen LogP) is 4.10. The largest absolute Gasteiger partial charge is 0.497 e. The third-order valence-corrected chi connectivity index (χ3v) is 4.72. The van der Waals surface area contributed by atoms with Crippen molar-refractivity contribution in [2.75, 3.05) is 13.7 Å². The smallest absolute Gasteiger partial charge is 0.261 e. The van der Waals surface area contributed by atoms with E-state index in [0.717, 1.165) is 11.1 Å². The number of methoxy groups -OCH3 is 1. The monoisotopic (exact) mass is 426 g/mol. The maximum atomic E-state index is 13.2. The van der Waals surface area contributed by atoms with Gasteiger partial charge < -0.3 is 19.7 Å². The van der Waals surface area contributed by atoms with Gasteiger partial charge in [-0.25, -0.2) is 0 Å². The van der Waals surface area contributed by atoms with Crippen molar-refractivity contribution in [3.63, 3.8) is 0 Å². The molecule has 0 fully saturated rings. The second-order valence-corrected chi connectivity index (χ2v) is 8.64. The molecule has 6 heteroatoms. The molecule has 6 nitrogen and oxygen atoms in total.